The molecule has 2 fully saturated rings. The van der Waals surface area contributed by atoms with Gasteiger partial charge in [-0.1, -0.05) is 75.4 Å². The first kappa shape index (κ1) is 23.9. The Hall–Kier alpha value is -2.14. The van der Waals surface area contributed by atoms with Gasteiger partial charge in [-0.05, 0) is 61.8 Å². The third kappa shape index (κ3) is 2.65. The number of aliphatic hydroxyl groups is 1. The molecule has 0 radical (unpaired) electrons. The van der Waals surface area contributed by atoms with Gasteiger partial charge in [-0.3, -0.25) is 4.90 Å². The highest BCUT2D eigenvalue weighted by Gasteiger charge is 2.80. The summed E-state index contributed by atoms with van der Waals surface area (Å²) in [6, 6.07) is 15.9. The standard InChI is InChI=1S/C33H41NO3/c1-21-12-13-23-18-25-31-14-15-33(36-6,24(19-31)30(5,35)29(2,3)4)28-32(31,26(23)27(21)37-28)16-17-34(25)20-22-10-8-7-9-11-22/h7-15,24-25,28,35H,16-20H2,1-6H3/t24-,25-,28-,30+,31-,32+,33-/m1/s1. The van der Waals surface area contributed by atoms with Crippen molar-refractivity contribution in [2.24, 2.45) is 16.7 Å². The quantitative estimate of drug-likeness (QED) is 0.558. The number of nitrogens with zero attached hydrogens (tertiary/aromatic N) is 1. The minimum atomic E-state index is -0.936. The van der Waals surface area contributed by atoms with E-state index in [0.717, 1.165) is 38.1 Å². The van der Waals surface area contributed by atoms with Crippen molar-refractivity contribution in [2.45, 2.75) is 89.2 Å². The van der Waals surface area contributed by atoms with Gasteiger partial charge in [-0.15, -0.1) is 0 Å². The van der Waals surface area contributed by atoms with Crippen LogP contribution in [-0.4, -0.2) is 47.0 Å². The minimum absolute atomic E-state index is 0.0801. The Morgan fingerprint density at radius 2 is 1.84 bits per heavy atom. The number of methoxy groups -OCH3 is 1. The number of hydrogen-bond acceptors (Lipinski definition) is 4. The van der Waals surface area contributed by atoms with Crippen molar-refractivity contribution in [3.8, 4) is 5.75 Å². The van der Waals surface area contributed by atoms with Crippen LogP contribution in [0.25, 0.3) is 0 Å². The molecule has 2 spiro atoms. The molecule has 0 amide bonds. The lowest BCUT2D eigenvalue weighted by Crippen LogP contribution is -2.81. The van der Waals surface area contributed by atoms with Gasteiger partial charge in [0.2, 0.25) is 0 Å². The summed E-state index contributed by atoms with van der Waals surface area (Å²) in [5.41, 5.74) is 3.32. The molecule has 7 atom stereocenters. The molecule has 1 N–H and O–H groups in total. The van der Waals surface area contributed by atoms with E-state index in [1.807, 2.05) is 14.0 Å². The van der Waals surface area contributed by atoms with E-state index in [1.54, 1.807) is 0 Å². The summed E-state index contributed by atoms with van der Waals surface area (Å²) in [5, 5.41) is 12.3. The highest BCUT2D eigenvalue weighted by molar-refractivity contribution is 5.63. The van der Waals surface area contributed by atoms with Crippen LogP contribution in [0.15, 0.2) is 54.6 Å². The van der Waals surface area contributed by atoms with Gasteiger partial charge in [0.1, 0.15) is 17.5 Å². The van der Waals surface area contributed by atoms with Crippen LogP contribution in [0.5, 0.6) is 5.75 Å². The molecule has 0 aromatic heterocycles. The van der Waals surface area contributed by atoms with E-state index >= 15 is 0 Å². The first-order valence-corrected chi connectivity index (χ1v) is 14.1. The fourth-order valence-corrected chi connectivity index (χ4v) is 9.24. The number of piperidine rings is 1. The summed E-state index contributed by atoms with van der Waals surface area (Å²) < 4.78 is 13.7. The summed E-state index contributed by atoms with van der Waals surface area (Å²) in [4.78, 5) is 2.73. The van der Waals surface area contributed by atoms with Gasteiger partial charge in [-0.25, -0.2) is 0 Å². The van der Waals surface area contributed by atoms with Gasteiger partial charge in [0.25, 0.3) is 0 Å². The zero-order chi connectivity index (χ0) is 26.0. The van der Waals surface area contributed by atoms with Crippen molar-refractivity contribution >= 4 is 0 Å². The van der Waals surface area contributed by atoms with Crippen LogP contribution < -0.4 is 4.74 Å². The topological polar surface area (TPSA) is 41.9 Å². The van der Waals surface area contributed by atoms with Crippen LogP contribution in [-0.2, 0) is 23.1 Å². The predicted octanol–water partition coefficient (Wildman–Crippen LogP) is 5.58. The van der Waals surface area contributed by atoms with Crippen molar-refractivity contribution in [2.75, 3.05) is 13.7 Å². The first-order valence-electron chi connectivity index (χ1n) is 14.1. The Morgan fingerprint density at radius 1 is 1.08 bits per heavy atom. The molecule has 4 aliphatic carbocycles. The van der Waals surface area contributed by atoms with Crippen molar-refractivity contribution < 1.29 is 14.6 Å². The lowest BCUT2D eigenvalue weighted by Gasteiger charge is -2.73. The van der Waals surface area contributed by atoms with E-state index in [4.69, 9.17) is 9.47 Å². The second-order valence-corrected chi connectivity index (χ2v) is 13.7. The third-order valence-corrected chi connectivity index (χ3v) is 11.6. The molecule has 1 saturated heterocycles. The van der Waals surface area contributed by atoms with Gasteiger partial charge in [0.05, 0.1) is 11.0 Å². The maximum atomic E-state index is 12.3. The zero-order valence-electron chi connectivity index (χ0n) is 23.2. The molecule has 4 heteroatoms. The smallest absolute Gasteiger partial charge is 0.142 e. The van der Waals surface area contributed by atoms with Crippen LogP contribution in [0.2, 0.25) is 0 Å². The number of ether oxygens (including phenoxy) is 2. The van der Waals surface area contributed by atoms with E-state index < -0.39 is 11.2 Å². The van der Waals surface area contributed by atoms with Crippen LogP contribution in [0.4, 0.5) is 0 Å². The summed E-state index contributed by atoms with van der Waals surface area (Å²) in [5.74, 6) is 1.01. The number of benzene rings is 2. The summed E-state index contributed by atoms with van der Waals surface area (Å²) in [6.45, 7) is 12.7. The van der Waals surface area contributed by atoms with Crippen molar-refractivity contribution in [3.05, 3.63) is 76.9 Å². The molecule has 4 bridgehead atoms. The Balaban J connectivity index is 1.46. The highest BCUT2D eigenvalue weighted by atomic mass is 16.6. The van der Waals surface area contributed by atoms with Crippen LogP contribution in [0.1, 0.15) is 62.8 Å². The number of aryl methyl sites for hydroxylation is 1. The van der Waals surface area contributed by atoms with Crippen molar-refractivity contribution in [1.29, 1.82) is 0 Å². The van der Waals surface area contributed by atoms with Gasteiger partial charge in [0, 0.05) is 36.6 Å². The summed E-state index contributed by atoms with van der Waals surface area (Å²) >= 11 is 0. The number of fused-ring (bicyclic) bond motifs is 1. The molecular weight excluding hydrogens is 458 g/mol. The van der Waals surface area contributed by atoms with E-state index in [-0.39, 0.29) is 28.3 Å². The first-order chi connectivity index (χ1) is 17.5. The monoisotopic (exact) mass is 499 g/mol. The largest absolute Gasteiger partial charge is 0.485 e. The molecule has 8 rings (SSSR count). The van der Waals surface area contributed by atoms with E-state index in [0.29, 0.717) is 6.04 Å². The van der Waals surface area contributed by atoms with E-state index in [9.17, 15) is 5.11 Å². The SMILES string of the molecule is CO[C@]12C=C[C@@]3(C[C@@H]1[C@](C)(O)C(C)(C)C)[C@H]1Cc4ccc(C)c5c4[C@@]3(CCN1Cc1ccccc1)[C@H]2O5. The maximum absolute atomic E-state index is 12.3. The van der Waals surface area contributed by atoms with Gasteiger partial charge >= 0.3 is 0 Å². The van der Waals surface area contributed by atoms with Crippen molar-refractivity contribution in [3.63, 3.8) is 0 Å². The number of rotatable bonds is 4. The average molecular weight is 500 g/mol. The second-order valence-electron chi connectivity index (χ2n) is 13.7. The molecule has 2 heterocycles. The lowest BCUT2D eigenvalue weighted by molar-refractivity contribution is -0.263. The molecule has 6 aliphatic rings. The molecule has 2 aromatic rings. The molecule has 2 aromatic carbocycles. The number of likely N-dealkylation sites (tertiary alicyclic amines) is 1. The van der Waals surface area contributed by atoms with Crippen LogP contribution >= 0.6 is 0 Å². The molecular formula is C33H41NO3. The minimum Gasteiger partial charge on any atom is -0.485 e. The van der Waals surface area contributed by atoms with Gasteiger partial charge in [0.15, 0.2) is 0 Å². The Labute approximate surface area is 221 Å². The fourth-order valence-electron chi connectivity index (χ4n) is 9.24. The lowest BCUT2D eigenvalue weighted by atomic mass is 9.35. The summed E-state index contributed by atoms with van der Waals surface area (Å²) in [7, 11) is 1.83. The van der Waals surface area contributed by atoms with E-state index in [2.05, 4.69) is 87.2 Å². The Kier molecular flexibility index (Phi) is 4.71. The maximum Gasteiger partial charge on any atom is 0.142 e. The normalized spacial score (nSPS) is 38.7. The molecule has 4 nitrogen and oxygen atoms in total. The molecule has 1 saturated carbocycles. The average Bonchev–Trinajstić information content (AvgIpc) is 3.24. The molecule has 2 aliphatic heterocycles. The van der Waals surface area contributed by atoms with Gasteiger partial charge < -0.3 is 14.6 Å². The Bertz CT molecular complexity index is 1290. The second kappa shape index (κ2) is 7.28. The highest BCUT2D eigenvalue weighted by Crippen LogP contribution is 2.75. The van der Waals surface area contributed by atoms with E-state index in [1.165, 1.54) is 22.3 Å². The molecule has 0 unspecified atom stereocenters. The van der Waals surface area contributed by atoms with Crippen molar-refractivity contribution in [1.82, 2.24) is 4.90 Å². The zero-order valence-corrected chi connectivity index (χ0v) is 23.2. The van der Waals surface area contributed by atoms with Crippen LogP contribution in [0.3, 0.4) is 0 Å². The third-order valence-electron chi connectivity index (χ3n) is 11.6. The molecule has 37 heavy (non-hydrogen) atoms. The predicted molar refractivity (Wildman–Crippen MR) is 146 cm³/mol. The van der Waals surface area contributed by atoms with Gasteiger partial charge in [-0.2, -0.15) is 0 Å². The fraction of sp³-hybridized carbons (Fsp3) is 0.576. The summed E-state index contributed by atoms with van der Waals surface area (Å²) in [6.07, 6.45) is 7.67. The number of hydrogen-bond donors (Lipinski definition) is 1. The molecule has 196 valence electrons. The Morgan fingerprint density at radius 3 is 2.54 bits per heavy atom. The van der Waals surface area contributed by atoms with Crippen LogP contribution in [0, 0.1) is 23.7 Å².